The standard InChI is InChI=1S/C9H13N3O4/c13-7(1-2-8-6-16-8)5-11-4-3-10-9(11)12(14)15/h3-4,7-8,13H,1-2,5-6H2. The lowest BCUT2D eigenvalue weighted by Gasteiger charge is -2.08. The normalized spacial score (nSPS) is 20.7. The summed E-state index contributed by atoms with van der Waals surface area (Å²) in [5, 5.41) is 20.2. The van der Waals surface area contributed by atoms with Crippen molar-refractivity contribution in [1.82, 2.24) is 9.55 Å². The SMILES string of the molecule is O=[N+]([O-])c1nccn1CC(O)CCC1CO1. The van der Waals surface area contributed by atoms with E-state index in [1.165, 1.54) is 17.0 Å². The highest BCUT2D eigenvalue weighted by molar-refractivity contribution is 5.06. The van der Waals surface area contributed by atoms with Crippen LogP contribution < -0.4 is 0 Å². The average molecular weight is 227 g/mol. The van der Waals surface area contributed by atoms with Crippen LogP contribution in [0.5, 0.6) is 0 Å². The molecule has 0 aliphatic carbocycles. The van der Waals surface area contributed by atoms with Gasteiger partial charge in [-0.3, -0.25) is 0 Å². The van der Waals surface area contributed by atoms with Crippen molar-refractivity contribution in [2.45, 2.75) is 31.6 Å². The monoisotopic (exact) mass is 227 g/mol. The number of aromatic nitrogens is 2. The lowest BCUT2D eigenvalue weighted by molar-refractivity contribution is -0.397. The van der Waals surface area contributed by atoms with Crippen molar-refractivity contribution in [3.8, 4) is 0 Å². The van der Waals surface area contributed by atoms with Crippen LogP contribution in [0.25, 0.3) is 0 Å². The smallest absolute Gasteiger partial charge is 0.390 e. The van der Waals surface area contributed by atoms with Gasteiger partial charge in [0.2, 0.25) is 0 Å². The van der Waals surface area contributed by atoms with E-state index in [1.54, 1.807) is 0 Å². The number of hydrogen-bond donors (Lipinski definition) is 1. The fourth-order valence-electron chi connectivity index (χ4n) is 1.55. The number of rotatable bonds is 6. The molecule has 0 saturated carbocycles. The van der Waals surface area contributed by atoms with Gasteiger partial charge in [0.1, 0.15) is 12.4 Å². The molecule has 0 amide bonds. The first-order valence-corrected chi connectivity index (χ1v) is 5.12. The van der Waals surface area contributed by atoms with Crippen molar-refractivity contribution in [1.29, 1.82) is 0 Å². The maximum Gasteiger partial charge on any atom is 0.434 e. The van der Waals surface area contributed by atoms with E-state index in [1.807, 2.05) is 0 Å². The van der Waals surface area contributed by atoms with Crippen LogP contribution in [-0.4, -0.2) is 38.4 Å². The minimum absolute atomic E-state index is 0.197. The van der Waals surface area contributed by atoms with E-state index in [2.05, 4.69) is 4.98 Å². The zero-order chi connectivity index (χ0) is 11.5. The highest BCUT2D eigenvalue weighted by Gasteiger charge is 2.24. The molecule has 0 radical (unpaired) electrons. The van der Waals surface area contributed by atoms with Gasteiger partial charge in [-0.15, -0.1) is 0 Å². The van der Waals surface area contributed by atoms with Crippen molar-refractivity contribution in [3.63, 3.8) is 0 Å². The number of nitrogens with zero attached hydrogens (tertiary/aromatic N) is 3. The summed E-state index contributed by atoms with van der Waals surface area (Å²) in [5.74, 6) is -0.235. The first-order valence-electron chi connectivity index (χ1n) is 5.12. The van der Waals surface area contributed by atoms with Crippen LogP contribution in [-0.2, 0) is 11.3 Å². The van der Waals surface area contributed by atoms with E-state index in [-0.39, 0.29) is 18.6 Å². The molecule has 7 nitrogen and oxygen atoms in total. The lowest BCUT2D eigenvalue weighted by Crippen LogP contribution is -2.17. The molecular formula is C9H13N3O4. The van der Waals surface area contributed by atoms with Crippen LogP contribution >= 0.6 is 0 Å². The highest BCUT2D eigenvalue weighted by atomic mass is 16.6. The van der Waals surface area contributed by atoms with Gasteiger partial charge in [-0.2, -0.15) is 0 Å². The van der Waals surface area contributed by atoms with Gasteiger partial charge in [-0.1, -0.05) is 4.98 Å². The molecule has 1 aromatic heterocycles. The molecule has 2 unspecified atom stereocenters. The maximum atomic E-state index is 10.6. The number of nitro groups is 1. The topological polar surface area (TPSA) is 93.7 Å². The Morgan fingerprint density at radius 3 is 3.19 bits per heavy atom. The molecule has 1 aliphatic heterocycles. The minimum atomic E-state index is -0.600. The molecule has 88 valence electrons. The summed E-state index contributed by atoms with van der Waals surface area (Å²) in [6.45, 7) is 0.959. The number of epoxide rings is 1. The first kappa shape index (κ1) is 11.0. The predicted octanol–water partition coefficient (Wildman–Crippen LogP) is 0.331. The Balaban J connectivity index is 1.86. The Morgan fingerprint density at radius 2 is 2.56 bits per heavy atom. The van der Waals surface area contributed by atoms with Gasteiger partial charge in [0.15, 0.2) is 0 Å². The highest BCUT2D eigenvalue weighted by Crippen LogP contribution is 2.18. The van der Waals surface area contributed by atoms with E-state index in [0.29, 0.717) is 6.42 Å². The molecule has 1 aromatic rings. The average Bonchev–Trinajstić information content (AvgIpc) is 2.95. The van der Waals surface area contributed by atoms with E-state index >= 15 is 0 Å². The van der Waals surface area contributed by atoms with Crippen LogP contribution in [0.3, 0.4) is 0 Å². The van der Waals surface area contributed by atoms with Crippen LogP contribution in [0.15, 0.2) is 12.4 Å². The molecule has 2 rings (SSSR count). The number of hydrogen-bond acceptors (Lipinski definition) is 5. The lowest BCUT2D eigenvalue weighted by atomic mass is 10.1. The molecular weight excluding hydrogens is 214 g/mol. The summed E-state index contributed by atoms with van der Waals surface area (Å²) in [6.07, 6.45) is 3.90. The minimum Gasteiger partial charge on any atom is -0.390 e. The first-order chi connectivity index (χ1) is 7.66. The van der Waals surface area contributed by atoms with E-state index in [9.17, 15) is 15.2 Å². The molecule has 7 heteroatoms. The van der Waals surface area contributed by atoms with Crippen LogP contribution in [0.2, 0.25) is 0 Å². The second-order valence-corrected chi connectivity index (χ2v) is 3.82. The summed E-state index contributed by atoms with van der Waals surface area (Å²) in [6, 6.07) is 0. The van der Waals surface area contributed by atoms with E-state index < -0.39 is 11.0 Å². The Bertz CT molecular complexity index is 375. The van der Waals surface area contributed by atoms with Crippen molar-refractivity contribution >= 4 is 5.95 Å². The summed E-state index contributed by atoms with van der Waals surface area (Å²) < 4.78 is 6.36. The van der Waals surface area contributed by atoms with Gasteiger partial charge < -0.3 is 20.0 Å². The molecule has 0 bridgehead atoms. The zero-order valence-corrected chi connectivity index (χ0v) is 8.65. The van der Waals surface area contributed by atoms with Gasteiger partial charge in [0, 0.05) is 0 Å². The molecule has 1 saturated heterocycles. The summed E-state index contributed by atoms with van der Waals surface area (Å²) >= 11 is 0. The Morgan fingerprint density at radius 1 is 1.81 bits per heavy atom. The van der Waals surface area contributed by atoms with E-state index in [4.69, 9.17) is 4.74 Å². The third-order valence-electron chi connectivity index (χ3n) is 2.49. The molecule has 1 fully saturated rings. The molecule has 2 atom stereocenters. The van der Waals surface area contributed by atoms with Crippen LogP contribution in [0.1, 0.15) is 12.8 Å². The number of aliphatic hydroxyl groups is 1. The second kappa shape index (κ2) is 4.58. The fourth-order valence-corrected chi connectivity index (χ4v) is 1.55. The molecule has 1 aliphatic rings. The quantitative estimate of drug-likeness (QED) is 0.429. The van der Waals surface area contributed by atoms with E-state index in [0.717, 1.165) is 13.0 Å². The number of imidazole rings is 1. The van der Waals surface area contributed by atoms with Crippen LogP contribution in [0.4, 0.5) is 5.95 Å². The predicted molar refractivity (Wildman–Crippen MR) is 53.9 cm³/mol. The largest absolute Gasteiger partial charge is 0.434 e. The van der Waals surface area contributed by atoms with Gasteiger partial charge in [-0.05, 0) is 17.8 Å². The fraction of sp³-hybridized carbons (Fsp3) is 0.667. The molecule has 2 heterocycles. The number of aliphatic hydroxyl groups excluding tert-OH is 1. The third-order valence-corrected chi connectivity index (χ3v) is 2.49. The second-order valence-electron chi connectivity index (χ2n) is 3.82. The molecule has 16 heavy (non-hydrogen) atoms. The van der Waals surface area contributed by atoms with Gasteiger partial charge in [0.05, 0.1) is 25.4 Å². The summed E-state index contributed by atoms with van der Waals surface area (Å²) in [4.78, 5) is 13.6. The van der Waals surface area contributed by atoms with Crippen LogP contribution in [0, 0.1) is 10.1 Å². The van der Waals surface area contributed by atoms with Crippen molar-refractivity contribution in [2.75, 3.05) is 6.61 Å². The van der Waals surface area contributed by atoms with Gasteiger partial charge in [-0.25, -0.2) is 4.57 Å². The van der Waals surface area contributed by atoms with Crippen molar-refractivity contribution < 1.29 is 14.8 Å². The Labute approximate surface area is 91.8 Å². The number of ether oxygens (including phenoxy) is 1. The van der Waals surface area contributed by atoms with Gasteiger partial charge >= 0.3 is 5.95 Å². The molecule has 0 aromatic carbocycles. The van der Waals surface area contributed by atoms with Gasteiger partial charge in [0.25, 0.3) is 0 Å². The zero-order valence-electron chi connectivity index (χ0n) is 8.65. The van der Waals surface area contributed by atoms with Crippen molar-refractivity contribution in [2.24, 2.45) is 0 Å². The summed E-state index contributed by atoms with van der Waals surface area (Å²) in [5.41, 5.74) is 0. The maximum absolute atomic E-state index is 10.6. The molecule has 1 N–H and O–H groups in total. The summed E-state index contributed by atoms with van der Waals surface area (Å²) in [7, 11) is 0. The Kier molecular flexibility index (Phi) is 3.16. The van der Waals surface area contributed by atoms with Crippen molar-refractivity contribution in [3.05, 3.63) is 22.5 Å². The molecule has 0 spiro atoms. The Hall–Kier alpha value is -1.47. The third kappa shape index (κ3) is 2.77.